The van der Waals surface area contributed by atoms with E-state index in [-0.39, 0.29) is 26.5 Å². The Kier molecular flexibility index (Phi) is 6.44. The summed E-state index contributed by atoms with van der Waals surface area (Å²) in [6, 6.07) is 2.91. The van der Waals surface area contributed by atoms with Crippen molar-refractivity contribution >= 4 is 68.7 Å². The van der Waals surface area contributed by atoms with Crippen LogP contribution < -0.4 is 21.1 Å². The quantitative estimate of drug-likeness (QED) is 0.598. The second-order valence-electron chi connectivity index (χ2n) is 6.16. The first-order valence-corrected chi connectivity index (χ1v) is 10.4. The normalized spacial score (nSPS) is 12.8. The van der Waals surface area contributed by atoms with Gasteiger partial charge in [0.15, 0.2) is 5.11 Å². The minimum Gasteiger partial charge on any atom is -0.494 e. The van der Waals surface area contributed by atoms with Crippen LogP contribution in [0.25, 0.3) is 0 Å². The summed E-state index contributed by atoms with van der Waals surface area (Å²) in [7, 11) is 1.40. The van der Waals surface area contributed by atoms with Crippen LogP contribution in [0, 0.1) is 0 Å². The lowest BCUT2D eigenvalue weighted by Gasteiger charge is -2.13. The molecule has 0 saturated carbocycles. The first-order valence-electron chi connectivity index (χ1n) is 8.41. The summed E-state index contributed by atoms with van der Waals surface area (Å²) in [5.41, 5.74) is 7.14. The van der Waals surface area contributed by atoms with Crippen molar-refractivity contribution in [1.82, 2.24) is 5.32 Å². The highest BCUT2D eigenvalue weighted by Gasteiger charge is 2.25. The van der Waals surface area contributed by atoms with Crippen molar-refractivity contribution in [3.8, 4) is 5.75 Å². The number of halogens is 2. The van der Waals surface area contributed by atoms with E-state index in [1.807, 2.05) is 0 Å². The number of carbonyl (C=O) groups is 2. The molecule has 2 aromatic rings. The highest BCUT2D eigenvalue weighted by atomic mass is 35.5. The van der Waals surface area contributed by atoms with Gasteiger partial charge in [-0.3, -0.25) is 14.9 Å². The largest absolute Gasteiger partial charge is 0.494 e. The first-order chi connectivity index (χ1) is 13.3. The number of anilines is 1. The van der Waals surface area contributed by atoms with Gasteiger partial charge in [-0.2, -0.15) is 0 Å². The van der Waals surface area contributed by atoms with E-state index < -0.39 is 11.8 Å². The summed E-state index contributed by atoms with van der Waals surface area (Å²) < 4.78 is 5.18. The molecule has 1 aliphatic rings. The smallest absolute Gasteiger partial charge is 0.261 e. The third-order valence-corrected chi connectivity index (χ3v) is 6.24. The van der Waals surface area contributed by atoms with E-state index >= 15 is 0 Å². The molecule has 1 aromatic carbocycles. The van der Waals surface area contributed by atoms with Gasteiger partial charge >= 0.3 is 0 Å². The van der Waals surface area contributed by atoms with Gasteiger partial charge < -0.3 is 15.8 Å². The molecule has 0 fully saturated rings. The van der Waals surface area contributed by atoms with Gasteiger partial charge in [-0.05, 0) is 55.6 Å². The van der Waals surface area contributed by atoms with Crippen LogP contribution in [0.3, 0.4) is 0 Å². The van der Waals surface area contributed by atoms with Crippen molar-refractivity contribution in [1.29, 1.82) is 0 Å². The summed E-state index contributed by atoms with van der Waals surface area (Å²) in [5.74, 6) is -0.865. The first kappa shape index (κ1) is 20.9. The Labute approximate surface area is 181 Å². The van der Waals surface area contributed by atoms with Crippen molar-refractivity contribution in [2.75, 3.05) is 12.4 Å². The lowest BCUT2D eigenvalue weighted by molar-refractivity contribution is 0.0972. The number of hydrogen-bond donors (Lipinski definition) is 3. The third kappa shape index (κ3) is 4.25. The van der Waals surface area contributed by atoms with Gasteiger partial charge in [0.05, 0.1) is 23.3 Å². The van der Waals surface area contributed by atoms with Gasteiger partial charge in [0.2, 0.25) is 0 Å². The summed E-state index contributed by atoms with van der Waals surface area (Å²) in [5, 5.41) is 6.56. The maximum absolute atomic E-state index is 12.6. The number of rotatable bonds is 4. The number of benzene rings is 1. The van der Waals surface area contributed by atoms with E-state index in [9.17, 15) is 9.59 Å². The van der Waals surface area contributed by atoms with Crippen molar-refractivity contribution in [3.63, 3.8) is 0 Å². The lowest BCUT2D eigenvalue weighted by Crippen LogP contribution is -2.34. The van der Waals surface area contributed by atoms with Crippen LogP contribution in [-0.4, -0.2) is 24.0 Å². The van der Waals surface area contributed by atoms with Crippen LogP contribution >= 0.6 is 46.8 Å². The second-order valence-corrected chi connectivity index (χ2v) is 8.51. The molecule has 3 rings (SSSR count). The predicted octanol–water partition coefficient (Wildman–Crippen LogP) is 4.17. The highest BCUT2D eigenvalue weighted by molar-refractivity contribution is 7.80. The molecular formula is C18H17Cl2N3O3S2. The topological polar surface area (TPSA) is 93.4 Å². The number of methoxy groups -OCH3 is 1. The Morgan fingerprint density at radius 1 is 1.25 bits per heavy atom. The molecule has 0 radical (unpaired) electrons. The second kappa shape index (κ2) is 8.65. The molecule has 10 heteroatoms. The van der Waals surface area contributed by atoms with Crippen LogP contribution in [0.4, 0.5) is 5.00 Å². The van der Waals surface area contributed by atoms with Crippen LogP contribution in [0.1, 0.15) is 44.0 Å². The molecule has 1 aliphatic carbocycles. The predicted molar refractivity (Wildman–Crippen MR) is 116 cm³/mol. The number of ether oxygens (including phenoxy) is 1. The SMILES string of the molecule is COc1c(Cl)cc(Cl)cc1C(=O)NC(=S)Nc1sc2c(c1C(N)=O)CCCC2. The van der Waals surface area contributed by atoms with Crippen LogP contribution in [0.15, 0.2) is 12.1 Å². The van der Waals surface area contributed by atoms with E-state index in [2.05, 4.69) is 10.6 Å². The van der Waals surface area contributed by atoms with E-state index in [0.29, 0.717) is 10.6 Å². The highest BCUT2D eigenvalue weighted by Crippen LogP contribution is 2.38. The molecule has 0 unspecified atom stereocenters. The molecule has 6 nitrogen and oxygen atoms in total. The van der Waals surface area contributed by atoms with Gasteiger partial charge in [0.25, 0.3) is 11.8 Å². The van der Waals surface area contributed by atoms with Gasteiger partial charge in [0.1, 0.15) is 10.8 Å². The van der Waals surface area contributed by atoms with Gasteiger partial charge in [-0.25, -0.2) is 0 Å². The van der Waals surface area contributed by atoms with Crippen molar-refractivity contribution in [2.24, 2.45) is 5.73 Å². The van der Waals surface area contributed by atoms with E-state index in [4.69, 9.17) is 45.9 Å². The molecule has 0 aliphatic heterocycles. The van der Waals surface area contributed by atoms with Crippen molar-refractivity contribution < 1.29 is 14.3 Å². The molecule has 0 saturated heterocycles. The maximum atomic E-state index is 12.6. The standard InChI is InChI=1S/C18H17Cl2N3O3S2/c1-26-14-10(6-8(19)7-11(14)20)16(25)22-18(27)23-17-13(15(21)24)9-4-2-3-5-12(9)28-17/h6-7H,2-5H2,1H3,(H2,21,24)(H2,22,23,25,27). The number of nitrogens with one attached hydrogen (secondary N) is 2. The zero-order chi connectivity index (χ0) is 20.4. The Morgan fingerprint density at radius 2 is 1.96 bits per heavy atom. The lowest BCUT2D eigenvalue weighted by atomic mass is 9.95. The summed E-state index contributed by atoms with van der Waals surface area (Å²) >= 11 is 18.7. The zero-order valence-corrected chi connectivity index (χ0v) is 18.0. The number of hydrogen-bond acceptors (Lipinski definition) is 5. The van der Waals surface area contributed by atoms with E-state index in [1.54, 1.807) is 0 Å². The summed E-state index contributed by atoms with van der Waals surface area (Å²) in [4.78, 5) is 25.7. The fourth-order valence-electron chi connectivity index (χ4n) is 3.16. The number of thiocarbonyl (C=S) groups is 1. The molecule has 28 heavy (non-hydrogen) atoms. The number of nitrogens with two attached hydrogens (primary N) is 1. The minimum atomic E-state index is -0.541. The molecule has 0 bridgehead atoms. The average molecular weight is 458 g/mol. The summed E-state index contributed by atoms with van der Waals surface area (Å²) in [6.07, 6.45) is 3.80. The number of fused-ring (bicyclic) bond motifs is 1. The molecule has 2 amide bonds. The average Bonchev–Trinajstić information content (AvgIpc) is 2.98. The Morgan fingerprint density at radius 3 is 2.64 bits per heavy atom. The van der Waals surface area contributed by atoms with Gasteiger partial charge in [0, 0.05) is 9.90 Å². The third-order valence-electron chi connectivity index (χ3n) is 4.33. The maximum Gasteiger partial charge on any atom is 0.261 e. The summed E-state index contributed by atoms with van der Waals surface area (Å²) in [6.45, 7) is 0. The number of thiophene rings is 1. The molecule has 0 atom stereocenters. The minimum absolute atomic E-state index is 0.0317. The fraction of sp³-hybridized carbons (Fsp3) is 0.278. The number of amides is 2. The Hall–Kier alpha value is -1.87. The zero-order valence-electron chi connectivity index (χ0n) is 14.9. The van der Waals surface area contributed by atoms with Gasteiger partial charge in [-0.15, -0.1) is 11.3 Å². The van der Waals surface area contributed by atoms with E-state index in [1.165, 1.54) is 30.6 Å². The van der Waals surface area contributed by atoms with Crippen LogP contribution in [0.5, 0.6) is 5.75 Å². The van der Waals surface area contributed by atoms with Crippen LogP contribution in [0.2, 0.25) is 10.0 Å². The van der Waals surface area contributed by atoms with E-state index in [0.717, 1.165) is 36.1 Å². The Balaban J connectivity index is 1.81. The molecular weight excluding hydrogens is 441 g/mol. The Bertz CT molecular complexity index is 975. The van der Waals surface area contributed by atoms with Crippen LogP contribution in [-0.2, 0) is 12.8 Å². The number of aryl methyl sites for hydroxylation is 1. The van der Waals surface area contributed by atoms with Crippen molar-refractivity contribution in [2.45, 2.75) is 25.7 Å². The monoisotopic (exact) mass is 457 g/mol. The van der Waals surface area contributed by atoms with Crippen molar-refractivity contribution in [3.05, 3.63) is 43.7 Å². The van der Waals surface area contributed by atoms with Gasteiger partial charge in [-0.1, -0.05) is 23.2 Å². The molecule has 1 aromatic heterocycles. The number of primary amides is 1. The molecule has 1 heterocycles. The molecule has 0 spiro atoms. The molecule has 148 valence electrons. The fourth-order valence-corrected chi connectivity index (χ4v) is 5.28. The number of carbonyl (C=O) groups excluding carboxylic acids is 2. The molecule has 4 N–H and O–H groups in total.